The van der Waals surface area contributed by atoms with Crippen molar-refractivity contribution < 1.29 is 18.6 Å². The maximum atomic E-state index is 14.2. The largest absolute Gasteiger partial charge is 0.504 e. The average Bonchev–Trinajstić information content (AvgIpc) is 3.25. The summed E-state index contributed by atoms with van der Waals surface area (Å²) in [5, 5.41) is 18.5. The van der Waals surface area contributed by atoms with Crippen LogP contribution in [-0.2, 0) is 6.42 Å². The molecule has 2 heterocycles. The Labute approximate surface area is 206 Å². The summed E-state index contributed by atoms with van der Waals surface area (Å²) in [7, 11) is 0. The van der Waals surface area contributed by atoms with Gasteiger partial charge >= 0.3 is 0 Å². The molecule has 36 heavy (non-hydrogen) atoms. The van der Waals surface area contributed by atoms with Crippen LogP contribution in [0.1, 0.15) is 11.3 Å². The molecule has 6 nitrogen and oxygen atoms in total. The van der Waals surface area contributed by atoms with Crippen molar-refractivity contribution in [1.82, 2.24) is 15.2 Å². The molecule has 0 aliphatic carbocycles. The summed E-state index contributed by atoms with van der Waals surface area (Å²) in [5.41, 5.74) is 10.4. The molecule has 0 bridgehead atoms. The van der Waals surface area contributed by atoms with Crippen LogP contribution in [0.5, 0.6) is 11.5 Å². The first-order valence-electron chi connectivity index (χ1n) is 11.4. The fourth-order valence-electron chi connectivity index (χ4n) is 4.20. The Balaban J connectivity index is 1.52. The van der Waals surface area contributed by atoms with E-state index in [-0.39, 0.29) is 23.9 Å². The average molecular weight is 487 g/mol. The highest BCUT2D eigenvalue weighted by atomic mass is 19.1. The maximum absolute atomic E-state index is 14.2. The third-order valence-electron chi connectivity index (χ3n) is 6.02. The Kier molecular flexibility index (Phi) is 6.35. The number of aromatic hydroxyl groups is 1. The Hall–Kier alpha value is -4.30. The fourth-order valence-corrected chi connectivity index (χ4v) is 4.20. The van der Waals surface area contributed by atoms with Crippen LogP contribution in [0.15, 0.2) is 72.9 Å². The van der Waals surface area contributed by atoms with Gasteiger partial charge < -0.3 is 15.6 Å². The van der Waals surface area contributed by atoms with Gasteiger partial charge in [0.2, 0.25) is 0 Å². The van der Waals surface area contributed by atoms with Crippen LogP contribution in [-0.4, -0.2) is 32.9 Å². The molecule has 182 valence electrons. The maximum Gasteiger partial charge on any atom is 0.168 e. The predicted octanol–water partition coefficient (Wildman–Crippen LogP) is 5.53. The molecular formula is C28H24F2N4O2. The van der Waals surface area contributed by atoms with E-state index in [9.17, 15) is 13.9 Å². The van der Waals surface area contributed by atoms with Gasteiger partial charge in [0.1, 0.15) is 18.2 Å². The van der Waals surface area contributed by atoms with E-state index in [1.165, 1.54) is 6.20 Å². The second kappa shape index (κ2) is 9.75. The summed E-state index contributed by atoms with van der Waals surface area (Å²) in [5.74, 6) is -2.12. The van der Waals surface area contributed by atoms with Gasteiger partial charge in [-0.3, -0.25) is 10.1 Å². The van der Waals surface area contributed by atoms with Crippen molar-refractivity contribution in [2.75, 3.05) is 6.61 Å². The van der Waals surface area contributed by atoms with E-state index in [1.807, 2.05) is 55.5 Å². The molecule has 8 heteroatoms. The lowest BCUT2D eigenvalue weighted by atomic mass is 9.97. The van der Waals surface area contributed by atoms with Crippen molar-refractivity contribution in [3.63, 3.8) is 0 Å². The van der Waals surface area contributed by atoms with Gasteiger partial charge in [0.25, 0.3) is 0 Å². The fraction of sp³-hybridized carbons (Fsp3) is 0.143. The number of aromatic amines is 1. The Bertz CT molecular complexity index is 1540. The van der Waals surface area contributed by atoms with Crippen LogP contribution >= 0.6 is 0 Å². The van der Waals surface area contributed by atoms with Crippen LogP contribution in [0.4, 0.5) is 8.78 Å². The van der Waals surface area contributed by atoms with Crippen molar-refractivity contribution in [1.29, 1.82) is 0 Å². The normalized spacial score (nSPS) is 12.1. The van der Waals surface area contributed by atoms with E-state index in [4.69, 9.17) is 10.5 Å². The quantitative estimate of drug-likeness (QED) is 0.281. The first kappa shape index (κ1) is 23.4. The highest BCUT2D eigenvalue weighted by Gasteiger charge is 2.19. The first-order chi connectivity index (χ1) is 17.4. The number of phenols is 1. The summed E-state index contributed by atoms with van der Waals surface area (Å²) >= 11 is 0. The summed E-state index contributed by atoms with van der Waals surface area (Å²) in [4.78, 5) is 4.44. The number of rotatable bonds is 7. The van der Waals surface area contributed by atoms with Gasteiger partial charge in [-0.15, -0.1) is 0 Å². The number of nitrogens with two attached hydrogens (primary N) is 1. The van der Waals surface area contributed by atoms with Crippen molar-refractivity contribution in [2.45, 2.75) is 19.4 Å². The number of pyridine rings is 1. The van der Waals surface area contributed by atoms with Crippen LogP contribution < -0.4 is 10.5 Å². The van der Waals surface area contributed by atoms with Crippen molar-refractivity contribution in [3.8, 4) is 33.9 Å². The molecule has 5 rings (SSSR count). The zero-order valence-electron chi connectivity index (χ0n) is 19.5. The first-order valence-corrected chi connectivity index (χ1v) is 11.4. The Morgan fingerprint density at radius 1 is 1.03 bits per heavy atom. The number of hydrogen-bond donors (Lipinski definition) is 3. The molecular weight excluding hydrogens is 462 g/mol. The Morgan fingerprint density at radius 2 is 1.83 bits per heavy atom. The number of fused-ring (bicyclic) bond motifs is 1. The minimum atomic E-state index is -1.06. The molecule has 0 saturated carbocycles. The molecule has 0 saturated heterocycles. The Morgan fingerprint density at radius 3 is 2.64 bits per heavy atom. The lowest BCUT2D eigenvalue weighted by Crippen LogP contribution is -2.30. The standard InChI is InChI=1S/C28H24F2N4O2/c1-16-22-10-18(7-8-26(22)34-33-16)23-13-21(36-15-20(31)9-17-5-3-2-4-6-17)14-32-27(23)24-11-19(29)12-25(30)28(24)35/h2-8,10-14,20,35H,9,15,31H2,1H3,(H,33,34)/t20-/m1/s1. The number of benzene rings is 3. The minimum Gasteiger partial charge on any atom is -0.504 e. The van der Waals surface area contributed by atoms with Gasteiger partial charge in [0.15, 0.2) is 11.6 Å². The predicted molar refractivity (Wildman–Crippen MR) is 135 cm³/mol. The molecule has 3 aromatic carbocycles. The number of nitrogens with one attached hydrogen (secondary N) is 1. The highest BCUT2D eigenvalue weighted by Crippen LogP contribution is 2.39. The van der Waals surface area contributed by atoms with Gasteiger partial charge in [-0.2, -0.15) is 5.10 Å². The number of H-pyrrole nitrogens is 1. The van der Waals surface area contributed by atoms with Crippen molar-refractivity contribution in [3.05, 3.63) is 95.8 Å². The monoisotopic (exact) mass is 486 g/mol. The topological polar surface area (TPSA) is 97.0 Å². The van der Waals surface area contributed by atoms with Crippen LogP contribution in [0.2, 0.25) is 0 Å². The molecule has 0 fully saturated rings. The summed E-state index contributed by atoms with van der Waals surface area (Å²) < 4.78 is 34.2. The third-order valence-corrected chi connectivity index (χ3v) is 6.02. The molecule has 0 amide bonds. The molecule has 0 unspecified atom stereocenters. The minimum absolute atomic E-state index is 0.0566. The van der Waals surface area contributed by atoms with Gasteiger partial charge in [-0.1, -0.05) is 36.4 Å². The van der Waals surface area contributed by atoms with Crippen LogP contribution in [0.3, 0.4) is 0 Å². The van der Waals surface area contributed by atoms with E-state index in [0.717, 1.165) is 33.8 Å². The van der Waals surface area contributed by atoms with Gasteiger partial charge in [-0.05, 0) is 48.7 Å². The number of aryl methyl sites for hydroxylation is 1. The van der Waals surface area contributed by atoms with E-state index < -0.39 is 17.4 Å². The molecule has 0 spiro atoms. The van der Waals surface area contributed by atoms with Gasteiger partial charge in [-0.25, -0.2) is 8.78 Å². The zero-order valence-corrected chi connectivity index (χ0v) is 19.5. The number of ether oxygens (including phenoxy) is 1. The second-order valence-electron chi connectivity index (χ2n) is 8.68. The third kappa shape index (κ3) is 4.76. The SMILES string of the molecule is Cc1n[nH]c2ccc(-c3cc(OC[C@H](N)Cc4ccccc4)cnc3-c3cc(F)cc(F)c3O)cc12. The molecule has 1 atom stereocenters. The molecule has 5 aromatic rings. The lowest BCUT2D eigenvalue weighted by Gasteiger charge is -2.16. The van der Waals surface area contributed by atoms with E-state index in [0.29, 0.717) is 23.8 Å². The van der Waals surface area contributed by atoms with Gasteiger partial charge in [0.05, 0.1) is 23.1 Å². The smallest absolute Gasteiger partial charge is 0.168 e. The van der Waals surface area contributed by atoms with E-state index >= 15 is 0 Å². The summed E-state index contributed by atoms with van der Waals surface area (Å²) in [6.07, 6.45) is 2.10. The molecule has 2 aromatic heterocycles. The molecule has 0 radical (unpaired) electrons. The number of nitrogens with zero attached hydrogens (tertiary/aromatic N) is 2. The highest BCUT2D eigenvalue weighted by molar-refractivity contribution is 5.91. The van der Waals surface area contributed by atoms with Crippen LogP contribution in [0.25, 0.3) is 33.3 Å². The molecule has 0 aliphatic rings. The number of phenolic OH excluding ortho intramolecular Hbond substituents is 1. The summed E-state index contributed by atoms with van der Waals surface area (Å²) in [6.45, 7) is 2.12. The lowest BCUT2D eigenvalue weighted by molar-refractivity contribution is 0.287. The van der Waals surface area contributed by atoms with Crippen molar-refractivity contribution >= 4 is 10.9 Å². The van der Waals surface area contributed by atoms with Crippen LogP contribution in [0, 0.1) is 18.6 Å². The second-order valence-corrected chi connectivity index (χ2v) is 8.68. The molecule has 4 N–H and O–H groups in total. The number of halogens is 2. The number of aromatic nitrogens is 3. The van der Waals surface area contributed by atoms with E-state index in [1.54, 1.807) is 6.07 Å². The van der Waals surface area contributed by atoms with Crippen molar-refractivity contribution in [2.24, 2.45) is 5.73 Å². The van der Waals surface area contributed by atoms with Gasteiger partial charge in [0, 0.05) is 28.6 Å². The molecule has 0 aliphatic heterocycles. The number of hydrogen-bond acceptors (Lipinski definition) is 5. The zero-order chi connectivity index (χ0) is 25.2. The van der Waals surface area contributed by atoms with E-state index in [2.05, 4.69) is 15.2 Å². The summed E-state index contributed by atoms with van der Waals surface area (Å²) in [6, 6.07) is 18.7.